The molecule has 1 fully saturated rings. The molecule has 22 heavy (non-hydrogen) atoms. The number of anilines is 1. The van der Waals surface area contributed by atoms with Crippen molar-refractivity contribution in [2.75, 3.05) is 11.9 Å². The molecule has 2 unspecified atom stereocenters. The number of nitrogens with one attached hydrogen (secondary N) is 1. The number of aromatic nitrogens is 1. The van der Waals surface area contributed by atoms with E-state index in [1.807, 2.05) is 37.3 Å². The number of nitrogens with zero attached hydrogens (tertiary/aromatic N) is 1. The van der Waals surface area contributed by atoms with Crippen LogP contribution in [0, 0.1) is 0 Å². The summed E-state index contributed by atoms with van der Waals surface area (Å²) in [6.45, 7) is 2.69. The van der Waals surface area contributed by atoms with Gasteiger partial charge in [-0.2, -0.15) is 4.98 Å². The van der Waals surface area contributed by atoms with Crippen LogP contribution in [0.4, 0.5) is 6.01 Å². The molecular formula is C18H18N2O2. The number of fused-ring (bicyclic) bond motifs is 1. The zero-order valence-corrected chi connectivity index (χ0v) is 12.5. The first-order valence-electron chi connectivity index (χ1n) is 7.68. The average molecular weight is 294 g/mol. The fourth-order valence-electron chi connectivity index (χ4n) is 2.82. The summed E-state index contributed by atoms with van der Waals surface area (Å²) in [6, 6.07) is 17.1. The van der Waals surface area contributed by atoms with Crippen molar-refractivity contribution in [1.29, 1.82) is 0 Å². The molecule has 0 amide bonds. The van der Waals surface area contributed by atoms with Crippen LogP contribution >= 0.6 is 0 Å². The molecule has 1 aliphatic rings. The van der Waals surface area contributed by atoms with Crippen LogP contribution in [-0.2, 0) is 0 Å². The molecule has 4 nitrogen and oxygen atoms in total. The summed E-state index contributed by atoms with van der Waals surface area (Å²) < 4.78 is 11.3. The maximum absolute atomic E-state index is 5.72. The highest BCUT2D eigenvalue weighted by atomic mass is 16.5. The molecule has 4 rings (SSSR count). The molecule has 2 atom stereocenters. The van der Waals surface area contributed by atoms with Gasteiger partial charge in [0.15, 0.2) is 5.58 Å². The zero-order chi connectivity index (χ0) is 14.9. The molecule has 2 aromatic carbocycles. The Kier molecular flexibility index (Phi) is 3.22. The first kappa shape index (κ1) is 13.2. The van der Waals surface area contributed by atoms with E-state index in [-0.39, 0.29) is 0 Å². The highest BCUT2D eigenvalue weighted by Crippen LogP contribution is 2.43. The van der Waals surface area contributed by atoms with Gasteiger partial charge in [-0.1, -0.05) is 24.3 Å². The first-order valence-corrected chi connectivity index (χ1v) is 7.68. The topological polar surface area (TPSA) is 47.3 Å². The average Bonchev–Trinajstić information content (AvgIpc) is 3.17. The first-order chi connectivity index (χ1) is 10.8. The van der Waals surface area contributed by atoms with Crippen molar-refractivity contribution in [3.05, 3.63) is 54.1 Å². The van der Waals surface area contributed by atoms with Crippen molar-refractivity contribution < 1.29 is 9.15 Å². The lowest BCUT2D eigenvalue weighted by Gasteiger charge is -2.06. The van der Waals surface area contributed by atoms with Crippen LogP contribution in [-0.4, -0.2) is 17.6 Å². The van der Waals surface area contributed by atoms with Crippen LogP contribution in [0.5, 0.6) is 5.75 Å². The number of ether oxygens (including phenoxy) is 1. The van der Waals surface area contributed by atoms with Gasteiger partial charge in [-0.25, -0.2) is 0 Å². The molecule has 4 heteroatoms. The third-order valence-corrected chi connectivity index (χ3v) is 3.99. The Morgan fingerprint density at radius 2 is 2.14 bits per heavy atom. The second-order valence-corrected chi connectivity index (χ2v) is 5.59. The van der Waals surface area contributed by atoms with Crippen LogP contribution in [0.1, 0.15) is 24.8 Å². The van der Waals surface area contributed by atoms with Gasteiger partial charge in [-0.3, -0.25) is 0 Å². The number of para-hydroxylation sites is 2. The Balaban J connectivity index is 1.46. The molecular weight excluding hydrogens is 276 g/mol. The largest absolute Gasteiger partial charge is 0.494 e. The van der Waals surface area contributed by atoms with E-state index in [1.54, 1.807) is 0 Å². The zero-order valence-electron chi connectivity index (χ0n) is 12.5. The fraction of sp³-hybridized carbons (Fsp3) is 0.278. The summed E-state index contributed by atoms with van der Waals surface area (Å²) in [5, 5.41) is 3.39. The minimum absolute atomic E-state index is 0.380. The van der Waals surface area contributed by atoms with E-state index >= 15 is 0 Å². The van der Waals surface area contributed by atoms with Gasteiger partial charge < -0.3 is 14.5 Å². The molecule has 0 saturated heterocycles. The molecule has 1 saturated carbocycles. The SMILES string of the molecule is CCOc1cccc(C2CC2Nc2nc3ccccc3o2)c1. The van der Waals surface area contributed by atoms with E-state index in [0.29, 0.717) is 24.6 Å². The van der Waals surface area contributed by atoms with Gasteiger partial charge in [-0.05, 0) is 43.2 Å². The van der Waals surface area contributed by atoms with Crippen molar-refractivity contribution in [1.82, 2.24) is 4.98 Å². The predicted molar refractivity (Wildman–Crippen MR) is 86.4 cm³/mol. The highest BCUT2D eigenvalue weighted by molar-refractivity contribution is 5.74. The van der Waals surface area contributed by atoms with Crippen LogP contribution in [0.15, 0.2) is 52.9 Å². The van der Waals surface area contributed by atoms with E-state index in [4.69, 9.17) is 9.15 Å². The Morgan fingerprint density at radius 1 is 1.23 bits per heavy atom. The second kappa shape index (κ2) is 5.37. The standard InChI is InChI=1S/C18H18N2O2/c1-2-21-13-7-5-6-12(10-13)14-11-16(14)20-18-19-15-8-3-4-9-17(15)22-18/h3-10,14,16H,2,11H2,1H3,(H,19,20). The van der Waals surface area contributed by atoms with E-state index in [9.17, 15) is 0 Å². The van der Waals surface area contributed by atoms with Crippen molar-refractivity contribution in [2.45, 2.75) is 25.3 Å². The lowest BCUT2D eigenvalue weighted by Crippen LogP contribution is -2.04. The molecule has 1 aliphatic carbocycles. The summed E-state index contributed by atoms with van der Waals surface area (Å²) in [6.07, 6.45) is 1.09. The maximum Gasteiger partial charge on any atom is 0.295 e. The Hall–Kier alpha value is -2.49. The van der Waals surface area contributed by atoms with Crippen molar-refractivity contribution in [2.24, 2.45) is 0 Å². The van der Waals surface area contributed by atoms with Crippen molar-refractivity contribution in [3.63, 3.8) is 0 Å². The molecule has 112 valence electrons. The molecule has 1 aromatic heterocycles. The summed E-state index contributed by atoms with van der Waals surface area (Å²) >= 11 is 0. The van der Waals surface area contributed by atoms with E-state index in [1.165, 1.54) is 5.56 Å². The van der Waals surface area contributed by atoms with E-state index in [0.717, 1.165) is 23.3 Å². The van der Waals surface area contributed by atoms with E-state index < -0.39 is 0 Å². The molecule has 3 aromatic rings. The van der Waals surface area contributed by atoms with Gasteiger partial charge in [0.25, 0.3) is 6.01 Å². The fourth-order valence-corrected chi connectivity index (χ4v) is 2.82. The highest BCUT2D eigenvalue weighted by Gasteiger charge is 2.39. The van der Waals surface area contributed by atoms with Crippen LogP contribution < -0.4 is 10.1 Å². The Labute approximate surface area is 129 Å². The van der Waals surface area contributed by atoms with Crippen molar-refractivity contribution in [3.8, 4) is 5.75 Å². The monoisotopic (exact) mass is 294 g/mol. The van der Waals surface area contributed by atoms with Crippen LogP contribution in [0.3, 0.4) is 0 Å². The Morgan fingerprint density at radius 3 is 3.00 bits per heavy atom. The minimum atomic E-state index is 0.380. The maximum atomic E-state index is 5.72. The smallest absolute Gasteiger partial charge is 0.295 e. The summed E-state index contributed by atoms with van der Waals surface area (Å²) in [5.41, 5.74) is 3.01. The van der Waals surface area contributed by atoms with Crippen LogP contribution in [0.25, 0.3) is 11.1 Å². The lowest BCUT2D eigenvalue weighted by atomic mass is 10.1. The number of rotatable bonds is 5. The number of hydrogen-bond acceptors (Lipinski definition) is 4. The van der Waals surface area contributed by atoms with Crippen molar-refractivity contribution >= 4 is 17.1 Å². The minimum Gasteiger partial charge on any atom is -0.494 e. The number of oxazole rings is 1. The van der Waals surface area contributed by atoms with Gasteiger partial charge in [0.1, 0.15) is 11.3 Å². The number of benzene rings is 2. The molecule has 0 aliphatic heterocycles. The number of hydrogen-bond donors (Lipinski definition) is 1. The summed E-state index contributed by atoms with van der Waals surface area (Å²) in [5.74, 6) is 1.43. The normalized spacial score (nSPS) is 20.0. The van der Waals surface area contributed by atoms with Gasteiger partial charge in [-0.15, -0.1) is 0 Å². The third kappa shape index (κ3) is 2.52. The molecule has 1 N–H and O–H groups in total. The predicted octanol–water partition coefficient (Wildman–Crippen LogP) is 4.19. The van der Waals surface area contributed by atoms with Gasteiger partial charge in [0, 0.05) is 12.0 Å². The quantitative estimate of drug-likeness (QED) is 0.766. The van der Waals surface area contributed by atoms with E-state index in [2.05, 4.69) is 28.5 Å². The molecule has 1 heterocycles. The van der Waals surface area contributed by atoms with Gasteiger partial charge >= 0.3 is 0 Å². The molecule has 0 bridgehead atoms. The summed E-state index contributed by atoms with van der Waals surface area (Å²) in [4.78, 5) is 4.47. The molecule has 0 radical (unpaired) electrons. The van der Waals surface area contributed by atoms with Gasteiger partial charge in [0.2, 0.25) is 0 Å². The summed E-state index contributed by atoms with van der Waals surface area (Å²) in [7, 11) is 0. The molecule has 0 spiro atoms. The van der Waals surface area contributed by atoms with Crippen LogP contribution in [0.2, 0.25) is 0 Å². The lowest BCUT2D eigenvalue weighted by molar-refractivity contribution is 0.340. The van der Waals surface area contributed by atoms with Gasteiger partial charge in [0.05, 0.1) is 6.61 Å². The Bertz CT molecular complexity index is 763. The third-order valence-electron chi connectivity index (χ3n) is 3.99. The second-order valence-electron chi connectivity index (χ2n) is 5.59.